The molecule has 5 heteroatoms. The molecule has 0 aliphatic rings. The number of hydrogen-bond acceptors (Lipinski definition) is 4. The third-order valence-electron chi connectivity index (χ3n) is 2.15. The van der Waals surface area contributed by atoms with Crippen LogP contribution in [0.2, 0.25) is 5.02 Å². The molecule has 0 aliphatic carbocycles. The highest BCUT2D eigenvalue weighted by molar-refractivity contribution is 6.31. The summed E-state index contributed by atoms with van der Waals surface area (Å²) >= 11 is 5.97. The largest absolute Gasteiger partial charge is 0.372 e. The van der Waals surface area contributed by atoms with E-state index in [1.165, 1.54) is 0 Å². The zero-order chi connectivity index (χ0) is 11.3. The predicted molar refractivity (Wildman–Crippen MR) is 61.6 cm³/mol. The maximum absolute atomic E-state index is 5.97. The lowest BCUT2D eigenvalue weighted by Gasteiger charge is -2.11. The molecule has 15 heavy (non-hydrogen) atoms. The van der Waals surface area contributed by atoms with E-state index in [-0.39, 0.29) is 6.10 Å². The molecule has 0 aromatic carbocycles. The minimum Gasteiger partial charge on any atom is -0.372 e. The number of halogens is 1. The highest BCUT2D eigenvalue weighted by atomic mass is 35.5. The smallest absolute Gasteiger partial charge is 0.140 e. The summed E-state index contributed by atoms with van der Waals surface area (Å²) in [5.41, 5.74) is 3.17. The van der Waals surface area contributed by atoms with Crippen molar-refractivity contribution in [1.82, 2.24) is 4.98 Å². The van der Waals surface area contributed by atoms with Crippen molar-refractivity contribution >= 4 is 17.4 Å². The first kappa shape index (κ1) is 12.2. The standard InChI is InChI=1S/C10H16ClN3O/c1-3-7(2)15-6-9-8(11)4-5-10(13-9)14-12/h4-5,7H,3,6,12H2,1-2H3,(H,13,14). The molecule has 1 heterocycles. The number of ether oxygens (including phenoxy) is 1. The van der Waals surface area contributed by atoms with Crippen LogP contribution in [0.1, 0.15) is 26.0 Å². The summed E-state index contributed by atoms with van der Waals surface area (Å²) in [6, 6.07) is 3.47. The average Bonchev–Trinajstić information content (AvgIpc) is 2.27. The van der Waals surface area contributed by atoms with Crippen LogP contribution >= 0.6 is 11.6 Å². The van der Waals surface area contributed by atoms with E-state index in [4.69, 9.17) is 22.2 Å². The van der Waals surface area contributed by atoms with Crippen LogP contribution in [-0.2, 0) is 11.3 Å². The molecule has 0 radical (unpaired) electrons. The van der Waals surface area contributed by atoms with Gasteiger partial charge in [-0.25, -0.2) is 10.8 Å². The predicted octanol–water partition coefficient (Wildman–Crippen LogP) is 2.34. The first-order chi connectivity index (χ1) is 7.17. The number of rotatable bonds is 5. The molecule has 1 aromatic rings. The van der Waals surface area contributed by atoms with Crippen LogP contribution in [-0.4, -0.2) is 11.1 Å². The number of nitrogen functional groups attached to an aromatic ring is 1. The summed E-state index contributed by atoms with van der Waals surface area (Å²) < 4.78 is 5.54. The second-order valence-electron chi connectivity index (χ2n) is 3.30. The van der Waals surface area contributed by atoms with Gasteiger partial charge >= 0.3 is 0 Å². The fourth-order valence-electron chi connectivity index (χ4n) is 1.01. The third-order valence-corrected chi connectivity index (χ3v) is 2.49. The van der Waals surface area contributed by atoms with Crippen LogP contribution in [0.3, 0.4) is 0 Å². The maximum Gasteiger partial charge on any atom is 0.140 e. The van der Waals surface area contributed by atoms with Gasteiger partial charge in [-0.05, 0) is 25.5 Å². The van der Waals surface area contributed by atoms with Crippen LogP contribution in [0.4, 0.5) is 5.82 Å². The number of hydrogen-bond donors (Lipinski definition) is 2. The summed E-state index contributed by atoms with van der Waals surface area (Å²) in [6.45, 7) is 4.49. The van der Waals surface area contributed by atoms with Crippen molar-refractivity contribution < 1.29 is 4.74 Å². The van der Waals surface area contributed by atoms with Gasteiger partial charge in [0.25, 0.3) is 0 Å². The zero-order valence-electron chi connectivity index (χ0n) is 8.96. The minimum atomic E-state index is 0.206. The second kappa shape index (κ2) is 5.90. The zero-order valence-corrected chi connectivity index (χ0v) is 9.71. The first-order valence-electron chi connectivity index (χ1n) is 4.91. The van der Waals surface area contributed by atoms with Gasteiger partial charge in [-0.2, -0.15) is 0 Å². The molecule has 0 aliphatic heterocycles. The molecule has 0 spiro atoms. The number of aromatic nitrogens is 1. The van der Waals surface area contributed by atoms with E-state index in [9.17, 15) is 0 Å². The van der Waals surface area contributed by atoms with Gasteiger partial charge in [-0.1, -0.05) is 18.5 Å². The Kier molecular flexibility index (Phi) is 4.81. The van der Waals surface area contributed by atoms with Crippen molar-refractivity contribution in [2.75, 3.05) is 5.43 Å². The lowest BCUT2D eigenvalue weighted by atomic mass is 10.3. The molecule has 4 nitrogen and oxygen atoms in total. The highest BCUT2D eigenvalue weighted by Crippen LogP contribution is 2.17. The Bertz CT molecular complexity index is 320. The van der Waals surface area contributed by atoms with Gasteiger partial charge in [-0.3, -0.25) is 0 Å². The fraction of sp³-hybridized carbons (Fsp3) is 0.500. The summed E-state index contributed by atoms with van der Waals surface area (Å²) in [6.07, 6.45) is 1.17. The Morgan fingerprint density at radius 3 is 2.93 bits per heavy atom. The molecule has 0 fully saturated rings. The van der Waals surface area contributed by atoms with Crippen molar-refractivity contribution in [2.24, 2.45) is 5.84 Å². The second-order valence-corrected chi connectivity index (χ2v) is 3.71. The molecule has 84 valence electrons. The molecule has 1 aromatic heterocycles. The Morgan fingerprint density at radius 2 is 2.33 bits per heavy atom. The molecule has 1 unspecified atom stereocenters. The van der Waals surface area contributed by atoms with Crippen LogP contribution in [0.25, 0.3) is 0 Å². The van der Waals surface area contributed by atoms with Gasteiger partial charge in [0, 0.05) is 0 Å². The number of nitrogens with zero attached hydrogens (tertiary/aromatic N) is 1. The van der Waals surface area contributed by atoms with E-state index in [2.05, 4.69) is 17.3 Å². The van der Waals surface area contributed by atoms with Crippen LogP contribution in [0, 0.1) is 0 Å². The number of nitrogens with one attached hydrogen (secondary N) is 1. The van der Waals surface area contributed by atoms with E-state index in [1.54, 1.807) is 12.1 Å². The van der Waals surface area contributed by atoms with Crippen molar-refractivity contribution in [3.8, 4) is 0 Å². The molecule has 1 rings (SSSR count). The molecule has 3 N–H and O–H groups in total. The van der Waals surface area contributed by atoms with Gasteiger partial charge in [0.15, 0.2) is 0 Å². The van der Waals surface area contributed by atoms with Gasteiger partial charge in [0.1, 0.15) is 5.82 Å². The Balaban J connectivity index is 2.66. The summed E-state index contributed by atoms with van der Waals surface area (Å²) in [5.74, 6) is 5.84. The molecule has 0 bridgehead atoms. The monoisotopic (exact) mass is 229 g/mol. The SMILES string of the molecule is CCC(C)OCc1nc(NN)ccc1Cl. The lowest BCUT2D eigenvalue weighted by molar-refractivity contribution is 0.0490. The molecule has 0 amide bonds. The molecular formula is C10H16ClN3O. The highest BCUT2D eigenvalue weighted by Gasteiger charge is 2.06. The minimum absolute atomic E-state index is 0.206. The van der Waals surface area contributed by atoms with Crippen molar-refractivity contribution in [3.05, 3.63) is 22.8 Å². The van der Waals surface area contributed by atoms with Crippen molar-refractivity contribution in [1.29, 1.82) is 0 Å². The van der Waals surface area contributed by atoms with Gasteiger partial charge in [0.2, 0.25) is 0 Å². The van der Waals surface area contributed by atoms with Gasteiger partial charge in [0.05, 0.1) is 23.4 Å². The van der Waals surface area contributed by atoms with E-state index >= 15 is 0 Å². The van der Waals surface area contributed by atoms with Crippen LogP contribution < -0.4 is 11.3 Å². The summed E-state index contributed by atoms with van der Waals surface area (Å²) in [7, 11) is 0. The number of anilines is 1. The Hall–Kier alpha value is -0.840. The van der Waals surface area contributed by atoms with E-state index < -0.39 is 0 Å². The number of hydrazine groups is 1. The normalized spacial score (nSPS) is 12.5. The molecule has 1 atom stereocenters. The van der Waals surface area contributed by atoms with Crippen molar-refractivity contribution in [2.45, 2.75) is 33.0 Å². The van der Waals surface area contributed by atoms with E-state index in [0.717, 1.165) is 6.42 Å². The van der Waals surface area contributed by atoms with Gasteiger partial charge < -0.3 is 10.2 Å². The Labute approximate surface area is 94.8 Å². The van der Waals surface area contributed by atoms with E-state index in [1.807, 2.05) is 6.92 Å². The number of pyridine rings is 1. The summed E-state index contributed by atoms with van der Waals surface area (Å²) in [5, 5.41) is 0.595. The van der Waals surface area contributed by atoms with Gasteiger partial charge in [-0.15, -0.1) is 0 Å². The number of nitrogens with two attached hydrogens (primary N) is 1. The summed E-state index contributed by atoms with van der Waals surface area (Å²) in [4.78, 5) is 4.20. The van der Waals surface area contributed by atoms with Crippen LogP contribution in [0.5, 0.6) is 0 Å². The Morgan fingerprint density at radius 1 is 1.60 bits per heavy atom. The molecular weight excluding hydrogens is 214 g/mol. The quantitative estimate of drug-likeness (QED) is 0.601. The van der Waals surface area contributed by atoms with Crippen LogP contribution in [0.15, 0.2) is 12.1 Å². The van der Waals surface area contributed by atoms with Crippen molar-refractivity contribution in [3.63, 3.8) is 0 Å². The molecule has 0 saturated carbocycles. The fourth-order valence-corrected chi connectivity index (χ4v) is 1.16. The lowest BCUT2D eigenvalue weighted by Crippen LogP contribution is -2.11. The maximum atomic E-state index is 5.97. The topological polar surface area (TPSA) is 60.2 Å². The third kappa shape index (κ3) is 3.66. The molecule has 0 saturated heterocycles. The average molecular weight is 230 g/mol. The first-order valence-corrected chi connectivity index (χ1v) is 5.28. The van der Waals surface area contributed by atoms with E-state index in [0.29, 0.717) is 23.1 Å².